The van der Waals surface area contributed by atoms with Crippen LogP contribution in [0.5, 0.6) is 0 Å². The van der Waals surface area contributed by atoms with Crippen molar-refractivity contribution in [2.45, 2.75) is 31.7 Å². The second-order valence-corrected chi connectivity index (χ2v) is 11.4. The summed E-state index contributed by atoms with van der Waals surface area (Å²) in [5.74, 6) is -2.17. The maximum atomic E-state index is 12.9. The van der Waals surface area contributed by atoms with E-state index in [0.29, 0.717) is 27.8 Å². The number of carboxylic acid groups (broad SMARTS) is 1. The summed E-state index contributed by atoms with van der Waals surface area (Å²) in [5, 5.41) is 24.6. The average Bonchev–Trinajstić information content (AvgIpc) is 3.25. The predicted octanol–water partition coefficient (Wildman–Crippen LogP) is 4.96. The van der Waals surface area contributed by atoms with Gasteiger partial charge < -0.3 is 14.8 Å². The molecule has 0 radical (unpaired) electrons. The van der Waals surface area contributed by atoms with E-state index in [4.69, 9.17) is 4.42 Å². The van der Waals surface area contributed by atoms with E-state index in [1.54, 1.807) is 75.4 Å². The molecule has 3 aromatic carbocycles. The number of nitrogens with one attached hydrogen (secondary N) is 2. The zero-order valence-corrected chi connectivity index (χ0v) is 22.4. The van der Waals surface area contributed by atoms with Crippen molar-refractivity contribution < 1.29 is 27.5 Å². The molecule has 0 bridgehead atoms. The molecule has 200 valence electrons. The van der Waals surface area contributed by atoms with Gasteiger partial charge in [-0.25, -0.2) is 8.42 Å². The van der Waals surface area contributed by atoms with Crippen molar-refractivity contribution in [1.29, 1.82) is 5.26 Å². The number of carboxylic acids is 1. The molecule has 1 aromatic heterocycles. The lowest BCUT2D eigenvalue weighted by Crippen LogP contribution is -2.43. The van der Waals surface area contributed by atoms with Crippen molar-refractivity contribution in [2.75, 3.05) is 11.2 Å². The van der Waals surface area contributed by atoms with Gasteiger partial charge in [-0.2, -0.15) is 5.26 Å². The Hall–Kier alpha value is -4.46. The minimum atomic E-state index is -3.73. The van der Waals surface area contributed by atoms with Crippen molar-refractivity contribution in [3.05, 3.63) is 83.6 Å². The Balaban J connectivity index is 1.45. The lowest BCUT2D eigenvalue weighted by atomic mass is 10.1. The van der Waals surface area contributed by atoms with E-state index in [1.807, 2.05) is 0 Å². The Morgan fingerprint density at radius 1 is 1.00 bits per heavy atom. The Bertz CT molecular complexity index is 1680. The van der Waals surface area contributed by atoms with Crippen LogP contribution in [0.25, 0.3) is 22.1 Å². The molecule has 0 aliphatic carbocycles. The highest BCUT2D eigenvalue weighted by atomic mass is 32.2. The number of nitriles is 1. The van der Waals surface area contributed by atoms with Gasteiger partial charge in [-0.1, -0.05) is 44.2 Å². The first-order valence-corrected chi connectivity index (χ1v) is 13.8. The number of anilines is 1. The van der Waals surface area contributed by atoms with Gasteiger partial charge in [0.05, 0.1) is 16.5 Å². The second kappa shape index (κ2) is 11.1. The highest BCUT2D eigenvalue weighted by Crippen LogP contribution is 2.29. The van der Waals surface area contributed by atoms with Gasteiger partial charge >= 0.3 is 5.97 Å². The molecule has 0 unspecified atom stereocenters. The fourth-order valence-electron chi connectivity index (χ4n) is 4.29. The van der Waals surface area contributed by atoms with Crippen molar-refractivity contribution in [1.82, 2.24) is 5.32 Å². The molecule has 1 amide bonds. The quantitative estimate of drug-likeness (QED) is 0.267. The lowest BCUT2D eigenvalue weighted by Gasteiger charge is -2.18. The van der Waals surface area contributed by atoms with E-state index < -0.39 is 33.6 Å². The molecule has 9 nitrogen and oxygen atoms in total. The number of hydrogen-bond donors (Lipinski definition) is 3. The van der Waals surface area contributed by atoms with Crippen molar-refractivity contribution >= 4 is 38.4 Å². The molecule has 39 heavy (non-hydrogen) atoms. The van der Waals surface area contributed by atoms with Crippen LogP contribution in [0.3, 0.4) is 0 Å². The van der Waals surface area contributed by atoms with Crippen LogP contribution in [0.2, 0.25) is 0 Å². The fourth-order valence-corrected chi connectivity index (χ4v) is 5.41. The van der Waals surface area contributed by atoms with Gasteiger partial charge in [-0.15, -0.1) is 0 Å². The largest absolute Gasteiger partial charge is 0.480 e. The minimum Gasteiger partial charge on any atom is -0.480 e. The van der Waals surface area contributed by atoms with E-state index in [0.717, 1.165) is 11.1 Å². The number of benzene rings is 3. The SMILES string of the molecule is Cc1c(C(=O)Nc2ccc(-c3ccc(S(=O)(=O)CN[C@H](C(=O)O)C(C)C)cc3)cc2)oc2cccc(C#N)c12. The van der Waals surface area contributed by atoms with Crippen LogP contribution in [0, 0.1) is 24.2 Å². The molecule has 0 aliphatic rings. The van der Waals surface area contributed by atoms with Gasteiger partial charge in [0.25, 0.3) is 5.91 Å². The molecule has 0 spiro atoms. The maximum absolute atomic E-state index is 12.9. The first-order chi connectivity index (χ1) is 18.5. The van der Waals surface area contributed by atoms with Crippen molar-refractivity contribution in [3.63, 3.8) is 0 Å². The number of aryl methyl sites for hydroxylation is 1. The zero-order chi connectivity index (χ0) is 28.3. The second-order valence-electron chi connectivity index (χ2n) is 9.43. The van der Waals surface area contributed by atoms with Crippen molar-refractivity contribution in [3.8, 4) is 17.2 Å². The number of furan rings is 1. The van der Waals surface area contributed by atoms with E-state index in [-0.39, 0.29) is 16.6 Å². The van der Waals surface area contributed by atoms with Crippen LogP contribution >= 0.6 is 0 Å². The van der Waals surface area contributed by atoms with Gasteiger partial charge in [-0.3, -0.25) is 14.9 Å². The monoisotopic (exact) mass is 545 g/mol. The summed E-state index contributed by atoms with van der Waals surface area (Å²) in [7, 11) is -3.73. The number of carbonyl (C=O) groups is 2. The minimum absolute atomic E-state index is 0.0799. The summed E-state index contributed by atoms with van der Waals surface area (Å²) < 4.78 is 31.1. The summed E-state index contributed by atoms with van der Waals surface area (Å²) in [5.41, 5.74) is 3.60. The van der Waals surface area contributed by atoms with E-state index in [1.165, 1.54) is 12.1 Å². The summed E-state index contributed by atoms with van der Waals surface area (Å²) in [6, 6.07) is 19.5. The molecule has 4 rings (SSSR count). The number of hydrogen-bond acceptors (Lipinski definition) is 7. The smallest absolute Gasteiger partial charge is 0.320 e. The summed E-state index contributed by atoms with van der Waals surface area (Å²) >= 11 is 0. The molecule has 3 N–H and O–H groups in total. The van der Waals surface area contributed by atoms with Crippen LogP contribution in [0.1, 0.15) is 35.5 Å². The summed E-state index contributed by atoms with van der Waals surface area (Å²) in [4.78, 5) is 24.3. The maximum Gasteiger partial charge on any atom is 0.320 e. The summed E-state index contributed by atoms with van der Waals surface area (Å²) in [6.45, 7) is 5.14. The number of carbonyl (C=O) groups excluding carboxylic acids is 1. The van der Waals surface area contributed by atoms with Crippen LogP contribution in [0.4, 0.5) is 5.69 Å². The Kier molecular flexibility index (Phi) is 7.85. The molecule has 4 aromatic rings. The van der Waals surface area contributed by atoms with Gasteiger partial charge in [-0.05, 0) is 60.4 Å². The van der Waals surface area contributed by atoms with Crippen LogP contribution in [-0.4, -0.2) is 37.3 Å². The van der Waals surface area contributed by atoms with Crippen LogP contribution in [-0.2, 0) is 14.6 Å². The molecular formula is C29H27N3O6S. The number of nitrogens with zero attached hydrogens (tertiary/aromatic N) is 1. The number of aliphatic carboxylic acids is 1. The molecular weight excluding hydrogens is 518 g/mol. The molecule has 0 fully saturated rings. The van der Waals surface area contributed by atoms with Gasteiger partial charge in [0, 0.05) is 16.6 Å². The molecule has 1 heterocycles. The van der Waals surface area contributed by atoms with Crippen LogP contribution < -0.4 is 10.6 Å². The van der Waals surface area contributed by atoms with Crippen LogP contribution in [0.15, 0.2) is 76.0 Å². The highest BCUT2D eigenvalue weighted by Gasteiger charge is 2.24. The number of sulfone groups is 1. The third-order valence-corrected chi connectivity index (χ3v) is 7.93. The van der Waals surface area contributed by atoms with E-state index >= 15 is 0 Å². The van der Waals surface area contributed by atoms with Crippen molar-refractivity contribution in [2.24, 2.45) is 5.92 Å². The Morgan fingerprint density at radius 2 is 1.62 bits per heavy atom. The number of amides is 1. The zero-order valence-electron chi connectivity index (χ0n) is 21.6. The normalized spacial score (nSPS) is 12.3. The van der Waals surface area contributed by atoms with Gasteiger partial charge in [0.15, 0.2) is 15.6 Å². The molecule has 1 atom stereocenters. The first-order valence-electron chi connectivity index (χ1n) is 12.1. The van der Waals surface area contributed by atoms with E-state index in [9.17, 15) is 28.4 Å². The van der Waals surface area contributed by atoms with Gasteiger partial charge in [0.2, 0.25) is 0 Å². The fraction of sp³-hybridized carbons (Fsp3) is 0.207. The Morgan fingerprint density at radius 3 is 2.18 bits per heavy atom. The highest BCUT2D eigenvalue weighted by molar-refractivity contribution is 7.91. The Labute approximate surface area is 226 Å². The predicted molar refractivity (Wildman–Crippen MR) is 147 cm³/mol. The topological polar surface area (TPSA) is 150 Å². The third kappa shape index (κ3) is 5.85. The third-order valence-electron chi connectivity index (χ3n) is 6.40. The number of fused-ring (bicyclic) bond motifs is 1. The molecule has 0 saturated carbocycles. The number of rotatable bonds is 9. The molecule has 10 heteroatoms. The molecule has 0 saturated heterocycles. The first kappa shape index (κ1) is 27.6. The summed E-state index contributed by atoms with van der Waals surface area (Å²) in [6.07, 6.45) is 0. The van der Waals surface area contributed by atoms with Gasteiger partial charge in [0.1, 0.15) is 17.5 Å². The molecule has 0 aliphatic heterocycles. The standard InChI is InChI=1S/C29H27N3O6S/c1-17(2)26(29(34)35)31-16-39(36,37)23-13-9-20(10-14-23)19-7-11-22(12-8-19)32-28(33)27-18(3)25-21(15-30)5-4-6-24(25)38-27/h4-14,17,26,31H,16H2,1-3H3,(H,32,33)(H,34,35)/t26-/m0/s1. The average molecular weight is 546 g/mol. The lowest BCUT2D eigenvalue weighted by molar-refractivity contribution is -0.140. The van der Waals surface area contributed by atoms with E-state index in [2.05, 4.69) is 16.7 Å².